The number of pyridine rings is 1. The lowest BCUT2D eigenvalue weighted by atomic mass is 10.2. The molecule has 0 saturated carbocycles. The van der Waals surface area contributed by atoms with Crippen LogP contribution in [0, 0.1) is 5.82 Å². The van der Waals surface area contributed by atoms with Gasteiger partial charge in [-0.1, -0.05) is 6.92 Å². The first-order valence-corrected chi connectivity index (χ1v) is 6.38. The summed E-state index contributed by atoms with van der Waals surface area (Å²) in [5.41, 5.74) is 0.316. The molecule has 1 aromatic rings. The highest BCUT2D eigenvalue weighted by atomic mass is 32.2. The van der Waals surface area contributed by atoms with Crippen LogP contribution in [0.4, 0.5) is 10.2 Å². The van der Waals surface area contributed by atoms with Gasteiger partial charge in [-0.2, -0.15) is 11.8 Å². The van der Waals surface area contributed by atoms with Crippen LogP contribution in [0.2, 0.25) is 0 Å². The lowest BCUT2D eigenvalue weighted by Crippen LogP contribution is -2.37. The fourth-order valence-electron chi connectivity index (χ4n) is 1.82. The van der Waals surface area contributed by atoms with Gasteiger partial charge in [-0.3, -0.25) is 0 Å². The van der Waals surface area contributed by atoms with Crippen LogP contribution in [-0.2, 0) is 6.61 Å². The van der Waals surface area contributed by atoms with Crippen LogP contribution in [0.3, 0.4) is 0 Å². The summed E-state index contributed by atoms with van der Waals surface area (Å²) in [6.07, 6.45) is 1.55. The summed E-state index contributed by atoms with van der Waals surface area (Å²) in [4.78, 5) is 6.03. The normalized spacial score (nSPS) is 21.2. The first kappa shape index (κ1) is 11.7. The summed E-state index contributed by atoms with van der Waals surface area (Å²) < 4.78 is 13.9. The quantitative estimate of drug-likeness (QED) is 0.855. The molecule has 0 radical (unpaired) electrons. The van der Waals surface area contributed by atoms with Gasteiger partial charge in [0.05, 0.1) is 6.61 Å². The number of hydrogen-bond acceptors (Lipinski definition) is 4. The Labute approximate surface area is 98.7 Å². The summed E-state index contributed by atoms with van der Waals surface area (Å²) in [7, 11) is 0. The van der Waals surface area contributed by atoms with E-state index >= 15 is 0 Å². The number of rotatable bonds is 2. The molecule has 1 aliphatic rings. The maximum atomic E-state index is 13.9. The number of aromatic nitrogens is 1. The molecule has 0 aliphatic carbocycles. The molecule has 1 atom stereocenters. The van der Waals surface area contributed by atoms with Crippen LogP contribution < -0.4 is 4.90 Å². The molecule has 1 unspecified atom stereocenters. The second kappa shape index (κ2) is 5.01. The van der Waals surface area contributed by atoms with Crippen LogP contribution in [0.15, 0.2) is 12.3 Å². The third-order valence-corrected chi connectivity index (χ3v) is 3.80. The first-order valence-electron chi connectivity index (χ1n) is 5.33. The average Bonchev–Trinajstić information content (AvgIpc) is 2.29. The Morgan fingerprint density at radius 2 is 2.50 bits per heavy atom. The fourth-order valence-corrected chi connectivity index (χ4v) is 2.84. The van der Waals surface area contributed by atoms with Crippen molar-refractivity contribution in [3.05, 3.63) is 23.6 Å². The number of nitrogens with zero attached hydrogens (tertiary/aromatic N) is 2. The molecule has 1 saturated heterocycles. The van der Waals surface area contributed by atoms with E-state index in [9.17, 15) is 4.39 Å². The Balaban J connectivity index is 2.25. The number of anilines is 1. The number of thioether (sulfide) groups is 1. The lowest BCUT2D eigenvalue weighted by molar-refractivity contribution is 0.275. The van der Waals surface area contributed by atoms with Gasteiger partial charge < -0.3 is 10.0 Å². The van der Waals surface area contributed by atoms with Crippen molar-refractivity contribution in [2.24, 2.45) is 0 Å². The van der Waals surface area contributed by atoms with Gasteiger partial charge in [0.15, 0.2) is 11.6 Å². The van der Waals surface area contributed by atoms with Crippen molar-refractivity contribution in [2.45, 2.75) is 18.8 Å². The molecule has 2 heterocycles. The number of hydrogen-bond donors (Lipinski definition) is 1. The van der Waals surface area contributed by atoms with Crippen LogP contribution in [0.25, 0.3) is 0 Å². The van der Waals surface area contributed by atoms with Crippen LogP contribution in [0.5, 0.6) is 0 Å². The van der Waals surface area contributed by atoms with E-state index in [2.05, 4.69) is 11.9 Å². The minimum Gasteiger partial charge on any atom is -0.392 e. The van der Waals surface area contributed by atoms with E-state index in [1.807, 2.05) is 16.7 Å². The predicted octanol–water partition coefficient (Wildman–Crippen LogP) is 1.65. The smallest absolute Gasteiger partial charge is 0.171 e. The van der Waals surface area contributed by atoms with Crippen molar-refractivity contribution in [1.82, 2.24) is 4.98 Å². The molecule has 2 rings (SSSR count). The number of aliphatic hydroxyl groups excluding tert-OH is 1. The maximum absolute atomic E-state index is 13.9. The Morgan fingerprint density at radius 3 is 3.19 bits per heavy atom. The molecule has 1 N–H and O–H groups in total. The van der Waals surface area contributed by atoms with E-state index in [1.165, 1.54) is 6.07 Å². The predicted molar refractivity (Wildman–Crippen MR) is 64.3 cm³/mol. The molecule has 1 aromatic heterocycles. The van der Waals surface area contributed by atoms with Gasteiger partial charge in [0.1, 0.15) is 0 Å². The minimum absolute atomic E-state index is 0.278. The standard InChI is InChI=1S/C11H15FN2OS/c1-8-6-14(4-5-16-8)11-10(12)9(7-15)2-3-13-11/h2-3,8,15H,4-7H2,1H3. The molecule has 88 valence electrons. The maximum Gasteiger partial charge on any atom is 0.171 e. The van der Waals surface area contributed by atoms with Crippen molar-refractivity contribution in [3.8, 4) is 0 Å². The second-order valence-electron chi connectivity index (χ2n) is 3.89. The van der Waals surface area contributed by atoms with Crippen molar-refractivity contribution < 1.29 is 9.50 Å². The molecule has 1 aliphatic heterocycles. The Kier molecular flexibility index (Phi) is 3.66. The summed E-state index contributed by atoms with van der Waals surface area (Å²) in [5.74, 6) is 0.980. The fraction of sp³-hybridized carbons (Fsp3) is 0.545. The zero-order valence-corrected chi connectivity index (χ0v) is 10.0. The topological polar surface area (TPSA) is 36.4 Å². The highest BCUT2D eigenvalue weighted by Gasteiger charge is 2.21. The van der Waals surface area contributed by atoms with E-state index < -0.39 is 0 Å². The van der Waals surface area contributed by atoms with Crippen molar-refractivity contribution in [2.75, 3.05) is 23.7 Å². The van der Waals surface area contributed by atoms with E-state index in [-0.39, 0.29) is 12.4 Å². The van der Waals surface area contributed by atoms with Crippen LogP contribution in [0.1, 0.15) is 12.5 Å². The molecular weight excluding hydrogens is 227 g/mol. The van der Waals surface area contributed by atoms with Crippen LogP contribution >= 0.6 is 11.8 Å². The molecule has 0 spiro atoms. The molecule has 3 nitrogen and oxygen atoms in total. The average molecular weight is 242 g/mol. The SMILES string of the molecule is CC1CN(c2nccc(CO)c2F)CCS1. The minimum atomic E-state index is -0.385. The molecule has 0 aromatic carbocycles. The van der Waals surface area contributed by atoms with Crippen molar-refractivity contribution in [3.63, 3.8) is 0 Å². The van der Waals surface area contributed by atoms with Gasteiger partial charge in [0.25, 0.3) is 0 Å². The number of aliphatic hydroxyl groups is 1. The first-order chi connectivity index (χ1) is 7.72. The molecule has 16 heavy (non-hydrogen) atoms. The van der Waals surface area contributed by atoms with E-state index in [4.69, 9.17) is 5.11 Å². The van der Waals surface area contributed by atoms with Gasteiger partial charge in [-0.15, -0.1) is 0 Å². The van der Waals surface area contributed by atoms with Gasteiger partial charge in [-0.05, 0) is 6.07 Å². The highest BCUT2D eigenvalue weighted by Crippen LogP contribution is 2.25. The Hall–Kier alpha value is -0.810. The summed E-state index contributed by atoms with van der Waals surface area (Å²) in [6.45, 7) is 3.47. The molecular formula is C11H15FN2OS. The van der Waals surface area contributed by atoms with E-state index in [0.29, 0.717) is 16.6 Å². The summed E-state index contributed by atoms with van der Waals surface area (Å²) in [6, 6.07) is 1.51. The van der Waals surface area contributed by atoms with Crippen molar-refractivity contribution >= 4 is 17.6 Å². The van der Waals surface area contributed by atoms with Gasteiger partial charge in [-0.25, -0.2) is 9.37 Å². The largest absolute Gasteiger partial charge is 0.392 e. The molecule has 1 fully saturated rings. The zero-order valence-electron chi connectivity index (χ0n) is 9.19. The van der Waals surface area contributed by atoms with Crippen molar-refractivity contribution in [1.29, 1.82) is 0 Å². The molecule has 5 heteroatoms. The molecule has 0 bridgehead atoms. The van der Waals surface area contributed by atoms with Crippen LogP contribution in [-0.4, -0.2) is 34.2 Å². The summed E-state index contributed by atoms with van der Waals surface area (Å²) >= 11 is 1.89. The summed E-state index contributed by atoms with van der Waals surface area (Å²) in [5, 5.41) is 9.50. The van der Waals surface area contributed by atoms with Gasteiger partial charge in [0, 0.05) is 35.9 Å². The Bertz CT molecular complexity index is 375. The van der Waals surface area contributed by atoms with E-state index in [0.717, 1.165) is 18.8 Å². The molecule has 0 amide bonds. The lowest BCUT2D eigenvalue weighted by Gasteiger charge is -2.31. The zero-order chi connectivity index (χ0) is 11.5. The third kappa shape index (κ3) is 2.30. The number of halogens is 1. The Morgan fingerprint density at radius 1 is 1.69 bits per heavy atom. The third-order valence-electron chi connectivity index (χ3n) is 2.66. The highest BCUT2D eigenvalue weighted by molar-refractivity contribution is 8.00. The van der Waals surface area contributed by atoms with Gasteiger partial charge >= 0.3 is 0 Å². The van der Waals surface area contributed by atoms with E-state index in [1.54, 1.807) is 6.20 Å². The monoisotopic (exact) mass is 242 g/mol. The second-order valence-corrected chi connectivity index (χ2v) is 5.44. The van der Waals surface area contributed by atoms with Gasteiger partial charge in [0.2, 0.25) is 0 Å².